The zero-order chi connectivity index (χ0) is 19.8. The molecule has 0 radical (unpaired) electrons. The van der Waals surface area contributed by atoms with Gasteiger partial charge in [-0.3, -0.25) is 9.48 Å². The van der Waals surface area contributed by atoms with Gasteiger partial charge in [-0.2, -0.15) is 5.10 Å². The van der Waals surface area contributed by atoms with Crippen molar-refractivity contribution in [2.75, 3.05) is 14.1 Å². The average molecular weight is 442 g/mol. The summed E-state index contributed by atoms with van der Waals surface area (Å²) in [7, 11) is 1.10. The van der Waals surface area contributed by atoms with Crippen molar-refractivity contribution in [3.05, 3.63) is 46.5 Å². The second-order valence-electron chi connectivity index (χ2n) is 6.14. The summed E-state index contributed by atoms with van der Waals surface area (Å²) >= 11 is 1.19. The minimum absolute atomic E-state index is 0. The molecule has 3 rings (SSSR count). The number of halogens is 1. The molecule has 2 aromatic heterocycles. The van der Waals surface area contributed by atoms with E-state index in [0.29, 0.717) is 16.1 Å². The maximum Gasteiger partial charge on any atom is 0.253 e. The van der Waals surface area contributed by atoms with Crippen molar-refractivity contribution in [1.29, 1.82) is 0 Å². The Kier molecular flexibility index (Phi) is 6.60. The van der Waals surface area contributed by atoms with Gasteiger partial charge in [-0.05, 0) is 23.8 Å². The molecule has 1 aromatic carbocycles. The van der Waals surface area contributed by atoms with Crippen LogP contribution >= 0.6 is 23.7 Å². The normalized spacial score (nSPS) is 11.1. The highest BCUT2D eigenvalue weighted by Gasteiger charge is 2.24. The molecule has 0 fully saturated rings. The number of aryl methyl sites for hydroxylation is 1. The van der Waals surface area contributed by atoms with E-state index in [0.717, 1.165) is 0 Å². The van der Waals surface area contributed by atoms with Crippen LogP contribution in [0.25, 0.3) is 11.1 Å². The molecule has 11 heteroatoms. The summed E-state index contributed by atoms with van der Waals surface area (Å²) in [5.41, 5.74) is 7.11. The Morgan fingerprint density at radius 3 is 2.50 bits per heavy atom. The van der Waals surface area contributed by atoms with Gasteiger partial charge in [-0.25, -0.2) is 13.4 Å². The van der Waals surface area contributed by atoms with E-state index < -0.39 is 9.84 Å². The number of amides is 1. The van der Waals surface area contributed by atoms with Crippen molar-refractivity contribution < 1.29 is 13.2 Å². The summed E-state index contributed by atoms with van der Waals surface area (Å²) in [4.78, 5) is 18.0. The summed E-state index contributed by atoms with van der Waals surface area (Å²) in [5, 5.41) is 6.03. The lowest BCUT2D eigenvalue weighted by Gasteiger charge is -2.13. The number of aromatic nitrogens is 3. The molecule has 0 atom stereocenters. The zero-order valence-corrected chi connectivity index (χ0v) is 17.9. The molecule has 1 amide bonds. The number of thiazole rings is 1. The van der Waals surface area contributed by atoms with Crippen LogP contribution < -0.4 is 5.73 Å². The van der Waals surface area contributed by atoms with Gasteiger partial charge in [0.15, 0.2) is 5.03 Å². The number of rotatable bonds is 5. The van der Waals surface area contributed by atoms with Crippen LogP contribution in [-0.2, 0) is 23.4 Å². The van der Waals surface area contributed by atoms with Crippen molar-refractivity contribution in [3.8, 4) is 11.1 Å². The fraction of sp³-hybridized carbons (Fsp3) is 0.235. The first kappa shape index (κ1) is 22.0. The maximum absolute atomic E-state index is 13.1. The highest BCUT2D eigenvalue weighted by molar-refractivity contribution is 7.91. The molecule has 0 bridgehead atoms. The number of hydrogen-bond donors (Lipinski definition) is 1. The molecule has 28 heavy (non-hydrogen) atoms. The molecule has 3 aromatic rings. The molecular weight excluding hydrogens is 422 g/mol. The van der Waals surface area contributed by atoms with E-state index in [1.54, 1.807) is 44.3 Å². The Hall–Kier alpha value is -2.27. The van der Waals surface area contributed by atoms with E-state index in [4.69, 9.17) is 5.73 Å². The largest absolute Gasteiger partial charge is 0.345 e. The number of nitrogens with two attached hydrogens (primary N) is 1. The molecule has 8 nitrogen and oxygen atoms in total. The third kappa shape index (κ3) is 4.25. The molecule has 0 aliphatic carbocycles. The minimum Gasteiger partial charge on any atom is -0.345 e. The number of carbonyl (C=O) groups is 1. The van der Waals surface area contributed by atoms with Gasteiger partial charge in [0.1, 0.15) is 5.01 Å². The summed E-state index contributed by atoms with van der Waals surface area (Å²) in [6, 6.07) is 4.56. The number of nitrogens with zero attached hydrogens (tertiary/aromatic N) is 4. The van der Waals surface area contributed by atoms with Gasteiger partial charge < -0.3 is 10.6 Å². The second kappa shape index (κ2) is 8.39. The first-order chi connectivity index (χ1) is 12.7. The van der Waals surface area contributed by atoms with Gasteiger partial charge in [0.25, 0.3) is 5.91 Å². The van der Waals surface area contributed by atoms with Crippen LogP contribution in [0.4, 0.5) is 0 Å². The van der Waals surface area contributed by atoms with Gasteiger partial charge in [-0.1, -0.05) is 0 Å². The lowest BCUT2D eigenvalue weighted by atomic mass is 10.1. The summed E-state index contributed by atoms with van der Waals surface area (Å²) < 4.78 is 27.7. The standard InChI is InChI=1S/C17H19N5O3S2.ClH/c1-21(2)17(23)12-4-11(13-8-19-22(3)9-13)5-14(6-12)27(24,25)16-10-26-15(7-18)20-16;/h4-6,8-10H,7,18H2,1-3H3;1H. The molecule has 0 aliphatic heterocycles. The van der Waals surface area contributed by atoms with Gasteiger partial charge in [0.2, 0.25) is 9.84 Å². The van der Waals surface area contributed by atoms with Gasteiger partial charge in [0, 0.05) is 50.4 Å². The van der Waals surface area contributed by atoms with Crippen LogP contribution in [0.2, 0.25) is 0 Å². The topological polar surface area (TPSA) is 111 Å². The number of benzene rings is 1. The predicted molar refractivity (Wildman–Crippen MR) is 109 cm³/mol. The smallest absolute Gasteiger partial charge is 0.253 e. The third-order valence-electron chi connectivity index (χ3n) is 3.89. The first-order valence-corrected chi connectivity index (χ1v) is 10.3. The van der Waals surface area contributed by atoms with Crippen molar-refractivity contribution in [1.82, 2.24) is 19.7 Å². The fourth-order valence-electron chi connectivity index (χ4n) is 2.50. The molecule has 0 aliphatic rings. The highest BCUT2D eigenvalue weighted by atomic mass is 35.5. The summed E-state index contributed by atoms with van der Waals surface area (Å²) in [6.45, 7) is 0.167. The summed E-state index contributed by atoms with van der Waals surface area (Å²) in [5.74, 6) is -0.293. The third-order valence-corrected chi connectivity index (χ3v) is 6.53. The lowest BCUT2D eigenvalue weighted by molar-refractivity contribution is 0.0827. The van der Waals surface area contributed by atoms with E-state index in [9.17, 15) is 13.2 Å². The van der Waals surface area contributed by atoms with Crippen LogP contribution in [-0.4, -0.2) is 48.1 Å². The Bertz CT molecular complexity index is 1110. The molecule has 150 valence electrons. The number of sulfone groups is 1. The van der Waals surface area contributed by atoms with Crippen molar-refractivity contribution in [3.63, 3.8) is 0 Å². The van der Waals surface area contributed by atoms with E-state index in [1.807, 2.05) is 0 Å². The molecule has 0 spiro atoms. The first-order valence-electron chi connectivity index (χ1n) is 7.97. The molecule has 0 unspecified atom stereocenters. The molecule has 2 heterocycles. The Labute approximate surface area is 173 Å². The summed E-state index contributed by atoms with van der Waals surface area (Å²) in [6.07, 6.45) is 3.37. The predicted octanol–water partition coefficient (Wildman–Crippen LogP) is 1.96. The van der Waals surface area contributed by atoms with Gasteiger partial charge >= 0.3 is 0 Å². The van der Waals surface area contributed by atoms with Crippen molar-refractivity contribution >= 4 is 39.5 Å². The van der Waals surface area contributed by atoms with E-state index in [1.165, 1.54) is 33.7 Å². The molecule has 2 N–H and O–H groups in total. The van der Waals surface area contributed by atoms with Crippen molar-refractivity contribution in [2.24, 2.45) is 12.8 Å². The molecule has 0 saturated heterocycles. The van der Waals surface area contributed by atoms with Crippen LogP contribution in [0.5, 0.6) is 0 Å². The van der Waals surface area contributed by atoms with E-state index >= 15 is 0 Å². The van der Waals surface area contributed by atoms with Crippen LogP contribution in [0, 0.1) is 0 Å². The van der Waals surface area contributed by atoms with E-state index in [-0.39, 0.29) is 40.3 Å². The number of carbonyl (C=O) groups excluding carboxylic acids is 1. The van der Waals surface area contributed by atoms with Crippen molar-refractivity contribution in [2.45, 2.75) is 16.5 Å². The lowest BCUT2D eigenvalue weighted by Crippen LogP contribution is -2.22. The maximum atomic E-state index is 13.1. The SMILES string of the molecule is CN(C)C(=O)c1cc(-c2cnn(C)c2)cc(S(=O)(=O)c2csc(CN)n2)c1.Cl. The number of hydrogen-bond acceptors (Lipinski definition) is 7. The Morgan fingerprint density at radius 2 is 1.96 bits per heavy atom. The van der Waals surface area contributed by atoms with E-state index in [2.05, 4.69) is 10.1 Å². The molecule has 0 saturated carbocycles. The van der Waals surface area contributed by atoms with Crippen LogP contribution in [0.1, 0.15) is 15.4 Å². The van der Waals surface area contributed by atoms with Gasteiger partial charge in [-0.15, -0.1) is 23.7 Å². The Morgan fingerprint density at radius 1 is 1.25 bits per heavy atom. The monoisotopic (exact) mass is 441 g/mol. The minimum atomic E-state index is -3.89. The van der Waals surface area contributed by atoms with Gasteiger partial charge in [0.05, 0.1) is 11.1 Å². The Balaban J connectivity index is 0.00000280. The zero-order valence-electron chi connectivity index (χ0n) is 15.5. The fourth-order valence-corrected chi connectivity index (χ4v) is 4.79. The quantitative estimate of drug-likeness (QED) is 0.647. The van der Waals surface area contributed by atoms with Crippen LogP contribution in [0.15, 0.2) is 45.9 Å². The van der Waals surface area contributed by atoms with Crippen LogP contribution in [0.3, 0.4) is 0 Å². The highest BCUT2D eigenvalue weighted by Crippen LogP contribution is 2.29. The second-order valence-corrected chi connectivity index (χ2v) is 8.97. The average Bonchev–Trinajstić information content (AvgIpc) is 3.29. The molecular formula is C17H20ClN5O3S2.